The lowest BCUT2D eigenvalue weighted by Crippen LogP contribution is -2.45. The molecule has 1 saturated heterocycles. The molecule has 6 nitrogen and oxygen atoms in total. The van der Waals surface area contributed by atoms with Crippen LogP contribution in [0.3, 0.4) is 0 Å². The summed E-state index contributed by atoms with van der Waals surface area (Å²) in [6.07, 6.45) is 0.149. The van der Waals surface area contributed by atoms with Crippen molar-refractivity contribution in [3.8, 4) is 0 Å². The van der Waals surface area contributed by atoms with E-state index in [4.69, 9.17) is 9.47 Å². The quantitative estimate of drug-likeness (QED) is 0.777. The van der Waals surface area contributed by atoms with Crippen LogP contribution in [0.1, 0.15) is 19.4 Å². The first-order valence-corrected chi connectivity index (χ1v) is 8.19. The number of carbonyl (C=O) groups excluding carboxylic acids is 1. The minimum Gasteiger partial charge on any atom is -0.383 e. The highest BCUT2D eigenvalue weighted by Gasteiger charge is 2.24. The van der Waals surface area contributed by atoms with Crippen LogP contribution < -0.4 is 15.5 Å². The van der Waals surface area contributed by atoms with Gasteiger partial charge in [-0.2, -0.15) is 0 Å². The van der Waals surface area contributed by atoms with Crippen molar-refractivity contribution in [1.82, 2.24) is 10.6 Å². The van der Waals surface area contributed by atoms with Gasteiger partial charge in [0, 0.05) is 33.3 Å². The maximum Gasteiger partial charge on any atom is 0.315 e. The van der Waals surface area contributed by atoms with E-state index in [9.17, 15) is 9.18 Å². The number of ether oxygens (including phenoxy) is 2. The number of hydrogen-bond acceptors (Lipinski definition) is 4. The first-order valence-electron chi connectivity index (χ1n) is 8.19. The third-order valence-electron chi connectivity index (χ3n) is 3.82. The lowest BCUT2D eigenvalue weighted by Gasteiger charge is -2.37. The number of urea groups is 1. The number of anilines is 1. The second-order valence-electron chi connectivity index (χ2n) is 6.05. The van der Waals surface area contributed by atoms with Crippen LogP contribution in [0.4, 0.5) is 14.9 Å². The monoisotopic (exact) mass is 339 g/mol. The second-order valence-corrected chi connectivity index (χ2v) is 6.05. The summed E-state index contributed by atoms with van der Waals surface area (Å²) in [7, 11) is 1.57. The predicted molar refractivity (Wildman–Crippen MR) is 90.7 cm³/mol. The van der Waals surface area contributed by atoms with Gasteiger partial charge in [-0.1, -0.05) is 6.07 Å². The molecule has 1 heterocycles. The van der Waals surface area contributed by atoms with Crippen LogP contribution in [0.5, 0.6) is 0 Å². The summed E-state index contributed by atoms with van der Waals surface area (Å²) in [6.45, 7) is 6.46. The highest BCUT2D eigenvalue weighted by molar-refractivity contribution is 5.73. The number of morpholine rings is 1. The van der Waals surface area contributed by atoms with Crippen molar-refractivity contribution in [3.63, 3.8) is 0 Å². The summed E-state index contributed by atoms with van der Waals surface area (Å²) >= 11 is 0. The molecule has 2 rings (SSSR count). The third kappa shape index (κ3) is 5.35. The Balaban J connectivity index is 1.91. The number of amides is 2. The van der Waals surface area contributed by atoms with Gasteiger partial charge in [0.2, 0.25) is 0 Å². The molecule has 0 radical (unpaired) electrons. The molecule has 2 N–H and O–H groups in total. The number of rotatable bonds is 6. The van der Waals surface area contributed by atoms with Gasteiger partial charge in [-0.3, -0.25) is 0 Å². The Morgan fingerprint density at radius 1 is 1.33 bits per heavy atom. The number of benzene rings is 1. The fourth-order valence-electron chi connectivity index (χ4n) is 2.80. The number of methoxy groups -OCH3 is 1. The molecular weight excluding hydrogens is 313 g/mol. The lowest BCUT2D eigenvalue weighted by atomic mass is 10.1. The van der Waals surface area contributed by atoms with Crippen LogP contribution in [0.25, 0.3) is 0 Å². The molecule has 1 aliphatic rings. The van der Waals surface area contributed by atoms with Crippen molar-refractivity contribution in [1.29, 1.82) is 0 Å². The summed E-state index contributed by atoms with van der Waals surface area (Å²) in [5, 5.41) is 5.34. The maximum atomic E-state index is 14.4. The molecule has 2 amide bonds. The Bertz CT molecular complexity index is 546. The van der Waals surface area contributed by atoms with Crippen LogP contribution in [0.2, 0.25) is 0 Å². The van der Waals surface area contributed by atoms with Gasteiger partial charge >= 0.3 is 6.03 Å². The van der Waals surface area contributed by atoms with Crippen LogP contribution in [-0.4, -0.2) is 51.6 Å². The van der Waals surface area contributed by atoms with E-state index in [0.717, 1.165) is 0 Å². The van der Waals surface area contributed by atoms with E-state index in [0.29, 0.717) is 37.5 Å². The third-order valence-corrected chi connectivity index (χ3v) is 3.82. The molecule has 2 atom stereocenters. The first-order chi connectivity index (χ1) is 11.5. The second kappa shape index (κ2) is 8.84. The van der Waals surface area contributed by atoms with Crippen LogP contribution in [-0.2, 0) is 16.0 Å². The smallest absolute Gasteiger partial charge is 0.315 e. The van der Waals surface area contributed by atoms with E-state index in [1.54, 1.807) is 13.2 Å². The summed E-state index contributed by atoms with van der Waals surface area (Å²) in [5.41, 5.74) is 1.29. The largest absolute Gasteiger partial charge is 0.383 e. The Hall–Kier alpha value is -1.86. The molecule has 0 saturated carbocycles. The zero-order valence-corrected chi connectivity index (χ0v) is 14.5. The zero-order chi connectivity index (χ0) is 17.5. The SMILES string of the molecule is COCCNC(=O)NCc1ccc(N2C[C@@H](C)O[C@H](C)C2)c(F)c1. The normalized spacial score (nSPS) is 20.8. The summed E-state index contributed by atoms with van der Waals surface area (Å²) in [6, 6.07) is 4.76. The average Bonchev–Trinajstić information content (AvgIpc) is 2.52. The van der Waals surface area contributed by atoms with E-state index >= 15 is 0 Å². The minimum absolute atomic E-state index is 0.0743. The number of nitrogens with one attached hydrogen (secondary N) is 2. The van der Waals surface area contributed by atoms with Crippen molar-refractivity contribution in [2.24, 2.45) is 0 Å². The lowest BCUT2D eigenvalue weighted by molar-refractivity contribution is -0.00539. The van der Waals surface area contributed by atoms with Gasteiger partial charge in [-0.25, -0.2) is 9.18 Å². The van der Waals surface area contributed by atoms with Crippen molar-refractivity contribution >= 4 is 11.7 Å². The fourth-order valence-corrected chi connectivity index (χ4v) is 2.80. The number of carbonyl (C=O) groups is 1. The number of nitrogens with zero attached hydrogens (tertiary/aromatic N) is 1. The molecular formula is C17H26FN3O3. The zero-order valence-electron chi connectivity index (χ0n) is 14.5. The van der Waals surface area contributed by atoms with Gasteiger partial charge in [-0.15, -0.1) is 0 Å². The molecule has 1 fully saturated rings. The number of halogens is 1. The first kappa shape index (κ1) is 18.5. The van der Waals surface area contributed by atoms with Crippen molar-refractivity contribution in [3.05, 3.63) is 29.6 Å². The van der Waals surface area contributed by atoms with Gasteiger partial charge in [0.05, 0.1) is 24.5 Å². The molecule has 1 aromatic rings. The Labute approximate surface area is 142 Å². The molecule has 7 heteroatoms. The van der Waals surface area contributed by atoms with Gasteiger partial charge in [0.15, 0.2) is 0 Å². The van der Waals surface area contributed by atoms with E-state index < -0.39 is 0 Å². The minimum atomic E-state index is -0.299. The van der Waals surface area contributed by atoms with Crippen molar-refractivity contribution in [2.75, 3.05) is 38.3 Å². The molecule has 0 spiro atoms. The molecule has 1 aromatic carbocycles. The molecule has 0 aromatic heterocycles. The van der Waals surface area contributed by atoms with Gasteiger partial charge in [-0.05, 0) is 31.5 Å². The highest BCUT2D eigenvalue weighted by atomic mass is 19.1. The topological polar surface area (TPSA) is 62.8 Å². The molecule has 0 unspecified atom stereocenters. The van der Waals surface area contributed by atoms with E-state index in [-0.39, 0.29) is 30.6 Å². The summed E-state index contributed by atoms with van der Waals surface area (Å²) in [4.78, 5) is 13.6. The molecule has 134 valence electrons. The molecule has 0 bridgehead atoms. The van der Waals surface area contributed by atoms with Crippen molar-refractivity contribution in [2.45, 2.75) is 32.6 Å². The van der Waals surface area contributed by atoms with E-state index in [1.165, 1.54) is 6.07 Å². The average molecular weight is 339 g/mol. The van der Waals surface area contributed by atoms with Gasteiger partial charge in [0.1, 0.15) is 5.82 Å². The van der Waals surface area contributed by atoms with Crippen LogP contribution in [0, 0.1) is 5.82 Å². The summed E-state index contributed by atoms with van der Waals surface area (Å²) < 4.78 is 25.0. The van der Waals surface area contributed by atoms with Crippen molar-refractivity contribution < 1.29 is 18.7 Å². The number of hydrogen-bond donors (Lipinski definition) is 2. The van der Waals surface area contributed by atoms with Gasteiger partial charge < -0.3 is 25.0 Å². The Morgan fingerprint density at radius 3 is 2.67 bits per heavy atom. The fraction of sp³-hybridized carbons (Fsp3) is 0.588. The molecule has 1 aliphatic heterocycles. The van der Waals surface area contributed by atoms with Gasteiger partial charge in [0.25, 0.3) is 0 Å². The standard InChI is InChI=1S/C17H26FN3O3/c1-12-10-21(11-13(2)24-12)16-5-4-14(8-15(16)18)9-20-17(22)19-6-7-23-3/h4-5,8,12-13H,6-7,9-11H2,1-3H3,(H2,19,20,22)/t12-,13-/m1/s1. The van der Waals surface area contributed by atoms with Crippen LogP contribution in [0.15, 0.2) is 18.2 Å². The molecule has 24 heavy (non-hydrogen) atoms. The van der Waals surface area contributed by atoms with Crippen LogP contribution >= 0.6 is 0 Å². The molecule has 0 aliphatic carbocycles. The summed E-state index contributed by atoms with van der Waals surface area (Å²) in [5.74, 6) is -0.282. The Morgan fingerprint density at radius 2 is 2.04 bits per heavy atom. The van der Waals surface area contributed by atoms with E-state index in [2.05, 4.69) is 10.6 Å². The van der Waals surface area contributed by atoms with E-state index in [1.807, 2.05) is 24.8 Å². The Kier molecular flexibility index (Phi) is 6.81. The predicted octanol–water partition coefficient (Wildman–Crippen LogP) is 1.88. The highest BCUT2D eigenvalue weighted by Crippen LogP contribution is 2.24. The maximum absolute atomic E-state index is 14.4.